The molecule has 2 aliphatic heterocycles. The number of morpholine rings is 1. The topological polar surface area (TPSA) is 46.6 Å². The molecule has 1 N–H and O–H groups in total. The number of aromatic nitrogens is 1. The molecule has 0 aromatic carbocycles. The van der Waals surface area contributed by atoms with E-state index in [1.165, 1.54) is 3.57 Å². The highest BCUT2D eigenvalue weighted by atomic mass is 127. The fourth-order valence-electron chi connectivity index (χ4n) is 2.56. The normalized spacial score (nSPS) is 20.9. The van der Waals surface area contributed by atoms with Crippen LogP contribution >= 0.6 is 22.6 Å². The SMILES string of the molecule is Ic1cc(NC2CCOCC2)nc(N2CCOCC2)c1. The monoisotopic (exact) mass is 389 g/mol. The second-order valence-electron chi connectivity index (χ2n) is 5.16. The Hall–Kier alpha value is -0.600. The standard InChI is InChI=1S/C14H20IN3O2/c15-11-9-13(16-12-1-5-19-6-2-12)17-14(10-11)18-3-7-20-8-4-18/h9-10,12H,1-8H2,(H,16,17). The molecule has 0 amide bonds. The fourth-order valence-corrected chi connectivity index (χ4v) is 3.14. The zero-order valence-electron chi connectivity index (χ0n) is 11.5. The summed E-state index contributed by atoms with van der Waals surface area (Å²) in [6.45, 7) is 5.11. The molecular formula is C14H20IN3O2. The minimum Gasteiger partial charge on any atom is -0.381 e. The molecule has 110 valence electrons. The molecule has 3 rings (SSSR count). The van der Waals surface area contributed by atoms with Crippen LogP contribution in [0, 0.1) is 3.57 Å². The molecule has 1 aromatic heterocycles. The molecule has 0 aliphatic carbocycles. The van der Waals surface area contributed by atoms with Crippen molar-refractivity contribution in [2.24, 2.45) is 0 Å². The van der Waals surface area contributed by atoms with Gasteiger partial charge in [0.15, 0.2) is 0 Å². The highest BCUT2D eigenvalue weighted by molar-refractivity contribution is 14.1. The number of pyridine rings is 1. The summed E-state index contributed by atoms with van der Waals surface area (Å²) >= 11 is 2.36. The summed E-state index contributed by atoms with van der Waals surface area (Å²) in [5.41, 5.74) is 0. The van der Waals surface area contributed by atoms with E-state index in [-0.39, 0.29) is 0 Å². The van der Waals surface area contributed by atoms with Crippen molar-refractivity contribution in [3.05, 3.63) is 15.7 Å². The van der Waals surface area contributed by atoms with Crippen LogP contribution in [-0.4, -0.2) is 50.5 Å². The summed E-state index contributed by atoms with van der Waals surface area (Å²) in [5, 5.41) is 3.55. The number of hydrogen-bond donors (Lipinski definition) is 1. The van der Waals surface area contributed by atoms with Crippen LogP contribution in [-0.2, 0) is 9.47 Å². The Morgan fingerprint density at radius 1 is 1.10 bits per heavy atom. The third-order valence-electron chi connectivity index (χ3n) is 3.68. The van der Waals surface area contributed by atoms with E-state index in [1.54, 1.807) is 0 Å². The quantitative estimate of drug-likeness (QED) is 0.803. The smallest absolute Gasteiger partial charge is 0.132 e. The number of nitrogens with zero attached hydrogens (tertiary/aromatic N) is 2. The Kier molecular flexibility index (Phi) is 4.95. The third-order valence-corrected chi connectivity index (χ3v) is 4.31. The van der Waals surface area contributed by atoms with Crippen LogP contribution in [0.5, 0.6) is 0 Å². The number of anilines is 2. The van der Waals surface area contributed by atoms with Gasteiger partial charge >= 0.3 is 0 Å². The third kappa shape index (κ3) is 3.73. The number of rotatable bonds is 3. The first kappa shape index (κ1) is 14.3. The van der Waals surface area contributed by atoms with Crippen molar-refractivity contribution < 1.29 is 9.47 Å². The molecule has 20 heavy (non-hydrogen) atoms. The van der Waals surface area contributed by atoms with Gasteiger partial charge in [-0.15, -0.1) is 0 Å². The summed E-state index contributed by atoms with van der Waals surface area (Å²) in [6, 6.07) is 4.73. The molecular weight excluding hydrogens is 369 g/mol. The summed E-state index contributed by atoms with van der Waals surface area (Å²) in [4.78, 5) is 7.06. The van der Waals surface area contributed by atoms with Crippen molar-refractivity contribution in [2.75, 3.05) is 49.7 Å². The van der Waals surface area contributed by atoms with Crippen LogP contribution in [0.15, 0.2) is 12.1 Å². The molecule has 0 radical (unpaired) electrons. The second-order valence-corrected chi connectivity index (χ2v) is 6.40. The van der Waals surface area contributed by atoms with Gasteiger partial charge < -0.3 is 19.7 Å². The van der Waals surface area contributed by atoms with Crippen LogP contribution in [0.4, 0.5) is 11.6 Å². The van der Waals surface area contributed by atoms with Gasteiger partial charge in [0.1, 0.15) is 11.6 Å². The van der Waals surface area contributed by atoms with E-state index < -0.39 is 0 Å². The van der Waals surface area contributed by atoms with E-state index in [0.29, 0.717) is 6.04 Å². The molecule has 5 nitrogen and oxygen atoms in total. The first-order valence-electron chi connectivity index (χ1n) is 7.16. The van der Waals surface area contributed by atoms with Crippen LogP contribution in [0.3, 0.4) is 0 Å². The first-order chi connectivity index (χ1) is 9.81. The molecule has 6 heteroatoms. The molecule has 0 saturated carbocycles. The predicted octanol–water partition coefficient (Wildman–Crippen LogP) is 2.11. The van der Waals surface area contributed by atoms with Gasteiger partial charge in [0.25, 0.3) is 0 Å². The van der Waals surface area contributed by atoms with Crippen molar-refractivity contribution >= 4 is 34.2 Å². The van der Waals surface area contributed by atoms with E-state index in [2.05, 4.69) is 44.9 Å². The summed E-state index contributed by atoms with van der Waals surface area (Å²) in [5.74, 6) is 2.03. The molecule has 0 atom stereocenters. The number of hydrogen-bond acceptors (Lipinski definition) is 5. The van der Waals surface area contributed by atoms with Gasteiger partial charge in [-0.3, -0.25) is 0 Å². The van der Waals surface area contributed by atoms with Gasteiger partial charge in [0, 0.05) is 35.9 Å². The van der Waals surface area contributed by atoms with Crippen molar-refractivity contribution in [1.29, 1.82) is 0 Å². The molecule has 0 spiro atoms. The van der Waals surface area contributed by atoms with E-state index in [9.17, 15) is 0 Å². The van der Waals surface area contributed by atoms with Gasteiger partial charge in [-0.05, 0) is 47.6 Å². The molecule has 1 aromatic rings. The average molecular weight is 389 g/mol. The van der Waals surface area contributed by atoms with E-state index in [1.807, 2.05) is 0 Å². The Labute approximate surface area is 133 Å². The number of halogens is 1. The van der Waals surface area contributed by atoms with E-state index >= 15 is 0 Å². The maximum atomic E-state index is 5.40. The highest BCUT2D eigenvalue weighted by Gasteiger charge is 2.17. The Balaban J connectivity index is 1.71. The van der Waals surface area contributed by atoms with E-state index in [0.717, 1.165) is 64.0 Å². The van der Waals surface area contributed by atoms with Crippen LogP contribution in [0.2, 0.25) is 0 Å². The van der Waals surface area contributed by atoms with Gasteiger partial charge in [-0.2, -0.15) is 0 Å². The number of ether oxygens (including phenoxy) is 2. The first-order valence-corrected chi connectivity index (χ1v) is 8.24. The summed E-state index contributed by atoms with van der Waals surface area (Å²) in [6.07, 6.45) is 2.11. The summed E-state index contributed by atoms with van der Waals surface area (Å²) < 4.78 is 12.0. The van der Waals surface area contributed by atoms with Crippen molar-refractivity contribution in [3.8, 4) is 0 Å². The lowest BCUT2D eigenvalue weighted by Gasteiger charge is -2.29. The zero-order valence-corrected chi connectivity index (χ0v) is 13.6. The second kappa shape index (κ2) is 6.91. The highest BCUT2D eigenvalue weighted by Crippen LogP contribution is 2.22. The molecule has 3 heterocycles. The Morgan fingerprint density at radius 2 is 1.80 bits per heavy atom. The maximum absolute atomic E-state index is 5.40. The predicted molar refractivity (Wildman–Crippen MR) is 87.4 cm³/mol. The van der Waals surface area contributed by atoms with Gasteiger partial charge in [-0.25, -0.2) is 4.98 Å². The number of nitrogens with one attached hydrogen (secondary N) is 1. The summed E-state index contributed by atoms with van der Waals surface area (Å²) in [7, 11) is 0. The molecule has 2 fully saturated rings. The lowest BCUT2D eigenvalue weighted by Crippen LogP contribution is -2.37. The minimum absolute atomic E-state index is 0.479. The molecule has 2 aliphatic rings. The minimum atomic E-state index is 0.479. The lowest BCUT2D eigenvalue weighted by atomic mass is 10.1. The Morgan fingerprint density at radius 3 is 2.55 bits per heavy atom. The molecule has 0 unspecified atom stereocenters. The average Bonchev–Trinajstić information content (AvgIpc) is 2.49. The van der Waals surface area contributed by atoms with Crippen LogP contribution in [0.1, 0.15) is 12.8 Å². The van der Waals surface area contributed by atoms with Gasteiger partial charge in [-0.1, -0.05) is 0 Å². The van der Waals surface area contributed by atoms with Crippen molar-refractivity contribution in [2.45, 2.75) is 18.9 Å². The van der Waals surface area contributed by atoms with Crippen LogP contribution in [0.25, 0.3) is 0 Å². The van der Waals surface area contributed by atoms with Crippen molar-refractivity contribution in [3.63, 3.8) is 0 Å². The van der Waals surface area contributed by atoms with E-state index in [4.69, 9.17) is 14.5 Å². The van der Waals surface area contributed by atoms with Gasteiger partial charge in [0.2, 0.25) is 0 Å². The van der Waals surface area contributed by atoms with Crippen LogP contribution < -0.4 is 10.2 Å². The zero-order chi connectivity index (χ0) is 13.8. The lowest BCUT2D eigenvalue weighted by molar-refractivity contribution is 0.0904. The fraction of sp³-hybridized carbons (Fsp3) is 0.643. The van der Waals surface area contributed by atoms with Crippen molar-refractivity contribution in [1.82, 2.24) is 4.98 Å². The largest absolute Gasteiger partial charge is 0.381 e. The molecule has 2 saturated heterocycles. The maximum Gasteiger partial charge on any atom is 0.132 e. The van der Waals surface area contributed by atoms with Gasteiger partial charge in [0.05, 0.1) is 13.2 Å². The Bertz CT molecular complexity index is 446. The molecule has 0 bridgehead atoms.